The predicted molar refractivity (Wildman–Crippen MR) is 62.8 cm³/mol. The van der Waals surface area contributed by atoms with Crippen molar-refractivity contribution >= 4 is 11.6 Å². The summed E-state index contributed by atoms with van der Waals surface area (Å²) < 4.78 is 12.1. The molecule has 1 aromatic carbocycles. The molecule has 1 saturated carbocycles. The molecule has 1 aliphatic heterocycles. The average molecular weight is 239 g/mol. The zero-order valence-corrected chi connectivity index (χ0v) is 10.1. The van der Waals surface area contributed by atoms with Crippen LogP contribution < -0.4 is 4.74 Å². The van der Waals surface area contributed by atoms with E-state index in [0.717, 1.165) is 29.2 Å². The molecule has 1 spiro atoms. The molecular weight excluding hydrogens is 224 g/mol. The Balaban J connectivity index is 1.99. The lowest BCUT2D eigenvalue weighted by molar-refractivity contribution is -0.221. The summed E-state index contributed by atoms with van der Waals surface area (Å²) in [5, 5.41) is 0.736. The highest BCUT2D eigenvalue weighted by Gasteiger charge is 2.42. The molecule has 16 heavy (non-hydrogen) atoms. The lowest BCUT2D eigenvalue weighted by atomic mass is 10.1. The van der Waals surface area contributed by atoms with Crippen LogP contribution in [-0.2, 0) is 4.74 Å². The van der Waals surface area contributed by atoms with Crippen molar-refractivity contribution in [1.29, 1.82) is 0 Å². The van der Waals surface area contributed by atoms with E-state index in [-0.39, 0.29) is 11.9 Å². The molecule has 0 saturated heterocycles. The molecule has 3 rings (SSSR count). The summed E-state index contributed by atoms with van der Waals surface area (Å²) >= 11 is 5.98. The minimum atomic E-state index is -0.361. The van der Waals surface area contributed by atoms with Crippen LogP contribution in [0.4, 0.5) is 0 Å². The fraction of sp³-hybridized carbons (Fsp3) is 0.538. The normalized spacial score (nSPS) is 26.5. The quantitative estimate of drug-likeness (QED) is 0.678. The van der Waals surface area contributed by atoms with E-state index in [0.29, 0.717) is 0 Å². The van der Waals surface area contributed by atoms with Crippen LogP contribution in [0, 0.1) is 0 Å². The van der Waals surface area contributed by atoms with E-state index >= 15 is 0 Å². The van der Waals surface area contributed by atoms with Crippen molar-refractivity contribution in [1.82, 2.24) is 0 Å². The Kier molecular flexibility index (Phi) is 2.37. The Bertz CT molecular complexity index is 410. The summed E-state index contributed by atoms with van der Waals surface area (Å²) in [6.07, 6.45) is 4.45. The molecule has 1 fully saturated rings. The fourth-order valence-corrected chi connectivity index (χ4v) is 2.85. The predicted octanol–water partition coefficient (Wildman–Crippen LogP) is 4.08. The van der Waals surface area contributed by atoms with Gasteiger partial charge in [0.15, 0.2) is 0 Å². The Morgan fingerprint density at radius 3 is 2.81 bits per heavy atom. The van der Waals surface area contributed by atoms with Crippen molar-refractivity contribution in [3.63, 3.8) is 0 Å². The number of benzene rings is 1. The molecule has 3 heteroatoms. The van der Waals surface area contributed by atoms with E-state index < -0.39 is 0 Å². The summed E-state index contributed by atoms with van der Waals surface area (Å²) in [6.45, 7) is 2.07. The summed E-state index contributed by atoms with van der Waals surface area (Å²) in [4.78, 5) is 0. The number of ether oxygens (including phenoxy) is 2. The van der Waals surface area contributed by atoms with Crippen LogP contribution in [0.5, 0.6) is 5.75 Å². The number of halogens is 1. The van der Waals surface area contributed by atoms with Crippen molar-refractivity contribution in [3.05, 3.63) is 28.8 Å². The molecule has 0 bridgehead atoms. The van der Waals surface area contributed by atoms with Gasteiger partial charge in [0.05, 0.1) is 6.10 Å². The highest BCUT2D eigenvalue weighted by atomic mass is 35.5. The summed E-state index contributed by atoms with van der Waals surface area (Å²) in [5.74, 6) is 0.574. The summed E-state index contributed by atoms with van der Waals surface area (Å²) in [6, 6.07) is 5.77. The van der Waals surface area contributed by atoms with Gasteiger partial charge >= 0.3 is 0 Å². The van der Waals surface area contributed by atoms with Gasteiger partial charge < -0.3 is 9.47 Å². The standard InChI is InChI=1S/C13H15ClO2/c1-9-11-8-10(14)4-5-12(11)16-13(15-9)6-2-3-7-13/h4-5,8-9H,2-3,6-7H2,1H3. The van der Waals surface area contributed by atoms with Crippen LogP contribution in [0.25, 0.3) is 0 Å². The van der Waals surface area contributed by atoms with Crippen LogP contribution in [0.1, 0.15) is 44.3 Å². The molecule has 1 unspecified atom stereocenters. The van der Waals surface area contributed by atoms with Crippen molar-refractivity contribution in [2.45, 2.75) is 44.5 Å². The van der Waals surface area contributed by atoms with Crippen LogP contribution in [0.3, 0.4) is 0 Å². The zero-order chi connectivity index (χ0) is 11.2. The van der Waals surface area contributed by atoms with Gasteiger partial charge in [0.2, 0.25) is 5.79 Å². The highest BCUT2D eigenvalue weighted by molar-refractivity contribution is 6.30. The maximum atomic E-state index is 6.04. The smallest absolute Gasteiger partial charge is 0.211 e. The molecular formula is C13H15ClO2. The third-order valence-electron chi connectivity index (χ3n) is 3.46. The highest BCUT2D eigenvalue weighted by Crippen LogP contribution is 2.46. The molecule has 1 atom stereocenters. The zero-order valence-electron chi connectivity index (χ0n) is 9.33. The molecule has 86 valence electrons. The first-order valence-electron chi connectivity index (χ1n) is 5.85. The maximum Gasteiger partial charge on any atom is 0.211 e. The topological polar surface area (TPSA) is 18.5 Å². The Morgan fingerprint density at radius 2 is 2.06 bits per heavy atom. The molecule has 0 N–H and O–H groups in total. The van der Waals surface area contributed by atoms with E-state index in [2.05, 4.69) is 6.92 Å². The van der Waals surface area contributed by atoms with Crippen molar-refractivity contribution in [2.75, 3.05) is 0 Å². The van der Waals surface area contributed by atoms with Crippen LogP contribution in [0.15, 0.2) is 18.2 Å². The summed E-state index contributed by atoms with van der Waals surface area (Å²) in [7, 11) is 0. The van der Waals surface area contributed by atoms with Crippen LogP contribution >= 0.6 is 11.6 Å². The van der Waals surface area contributed by atoms with Gasteiger partial charge in [-0.15, -0.1) is 0 Å². The molecule has 2 nitrogen and oxygen atoms in total. The van der Waals surface area contributed by atoms with Gasteiger partial charge in [-0.2, -0.15) is 0 Å². The van der Waals surface area contributed by atoms with Gasteiger partial charge in [-0.1, -0.05) is 11.6 Å². The number of rotatable bonds is 0. The van der Waals surface area contributed by atoms with Crippen molar-refractivity contribution in [2.24, 2.45) is 0 Å². The maximum absolute atomic E-state index is 6.04. The lowest BCUT2D eigenvalue weighted by Crippen LogP contribution is -2.40. The van der Waals surface area contributed by atoms with Gasteiger partial charge in [0.25, 0.3) is 0 Å². The Morgan fingerprint density at radius 1 is 1.31 bits per heavy atom. The van der Waals surface area contributed by atoms with E-state index in [9.17, 15) is 0 Å². The van der Waals surface area contributed by atoms with E-state index in [1.54, 1.807) is 0 Å². The first-order chi connectivity index (χ1) is 7.69. The monoisotopic (exact) mass is 238 g/mol. The molecule has 2 aliphatic rings. The van der Waals surface area contributed by atoms with E-state index in [4.69, 9.17) is 21.1 Å². The van der Waals surface area contributed by atoms with Crippen molar-refractivity contribution < 1.29 is 9.47 Å². The number of fused-ring (bicyclic) bond motifs is 1. The third kappa shape index (κ3) is 1.61. The van der Waals surface area contributed by atoms with Gasteiger partial charge in [0.1, 0.15) is 5.75 Å². The Hall–Kier alpha value is -0.730. The molecule has 0 radical (unpaired) electrons. The second kappa shape index (κ2) is 3.64. The van der Waals surface area contributed by atoms with E-state index in [1.165, 1.54) is 12.8 Å². The van der Waals surface area contributed by atoms with E-state index in [1.807, 2.05) is 18.2 Å². The lowest BCUT2D eigenvalue weighted by Gasteiger charge is -2.39. The Labute approximate surface area is 101 Å². The average Bonchev–Trinajstić information content (AvgIpc) is 2.68. The van der Waals surface area contributed by atoms with Gasteiger partial charge in [-0.05, 0) is 38.0 Å². The van der Waals surface area contributed by atoms with Crippen molar-refractivity contribution in [3.8, 4) is 5.75 Å². The molecule has 0 aromatic heterocycles. The second-order valence-electron chi connectivity index (χ2n) is 4.66. The number of hydrogen-bond donors (Lipinski definition) is 0. The largest absolute Gasteiger partial charge is 0.462 e. The first-order valence-corrected chi connectivity index (χ1v) is 6.23. The summed E-state index contributed by atoms with van der Waals surface area (Å²) in [5.41, 5.74) is 1.06. The minimum Gasteiger partial charge on any atom is -0.462 e. The van der Waals surface area contributed by atoms with Crippen LogP contribution in [0.2, 0.25) is 5.02 Å². The van der Waals surface area contributed by atoms with Gasteiger partial charge in [-0.3, -0.25) is 0 Å². The molecule has 0 amide bonds. The third-order valence-corrected chi connectivity index (χ3v) is 3.70. The molecule has 1 aromatic rings. The first kappa shape index (κ1) is 10.4. The molecule has 1 heterocycles. The SMILES string of the molecule is CC1OC2(CCCC2)Oc2ccc(Cl)cc21. The molecule has 1 aliphatic carbocycles. The number of hydrogen-bond acceptors (Lipinski definition) is 2. The fourth-order valence-electron chi connectivity index (χ4n) is 2.67. The van der Waals surface area contributed by atoms with Gasteiger partial charge in [0, 0.05) is 23.4 Å². The second-order valence-corrected chi connectivity index (χ2v) is 5.10. The van der Waals surface area contributed by atoms with Gasteiger partial charge in [-0.25, -0.2) is 0 Å². The van der Waals surface area contributed by atoms with Crippen LogP contribution in [-0.4, -0.2) is 5.79 Å². The minimum absolute atomic E-state index is 0.0700.